The van der Waals surface area contributed by atoms with Crippen LogP contribution in [-0.4, -0.2) is 93.1 Å². The molecule has 0 spiro atoms. The number of H-pyrrole nitrogens is 2. The third-order valence-electron chi connectivity index (χ3n) is 10.3. The van der Waals surface area contributed by atoms with E-state index in [4.69, 9.17) is 9.47 Å². The maximum Gasteiger partial charge on any atom is 0.407 e. The molecule has 4 amide bonds. The van der Waals surface area contributed by atoms with Gasteiger partial charge in [0.2, 0.25) is 11.8 Å². The molecule has 6 rings (SSSR count). The fourth-order valence-electron chi connectivity index (χ4n) is 7.26. The predicted molar refractivity (Wildman–Crippen MR) is 207 cm³/mol. The van der Waals surface area contributed by atoms with Gasteiger partial charge in [-0.1, -0.05) is 87.9 Å². The smallest absolute Gasteiger partial charge is 0.407 e. The highest BCUT2D eigenvalue weighted by Crippen LogP contribution is 2.34. The number of rotatable bonds is 11. The van der Waals surface area contributed by atoms with Crippen LogP contribution in [0.25, 0.3) is 33.6 Å². The van der Waals surface area contributed by atoms with Gasteiger partial charge in [0.15, 0.2) is 0 Å². The molecule has 1 saturated heterocycles. The van der Waals surface area contributed by atoms with Crippen molar-refractivity contribution in [1.29, 1.82) is 0 Å². The van der Waals surface area contributed by atoms with Gasteiger partial charge >= 0.3 is 12.2 Å². The summed E-state index contributed by atoms with van der Waals surface area (Å²) in [5.41, 5.74) is 6.74. The highest BCUT2D eigenvalue weighted by Gasteiger charge is 2.38. The number of ether oxygens (including phenoxy) is 2. The summed E-state index contributed by atoms with van der Waals surface area (Å²) in [7, 11) is 2.57. The number of benzene rings is 2. The van der Waals surface area contributed by atoms with Crippen molar-refractivity contribution >= 4 is 24.0 Å². The van der Waals surface area contributed by atoms with Crippen molar-refractivity contribution in [2.24, 2.45) is 11.8 Å². The number of hydrogen-bond donors (Lipinski definition) is 4. The molecule has 0 aliphatic carbocycles. The van der Waals surface area contributed by atoms with Crippen LogP contribution in [-0.2, 0) is 19.1 Å². The topological polar surface area (TPSA) is 175 Å². The average Bonchev–Trinajstić information content (AvgIpc) is 4.02. The monoisotopic (exact) mass is 750 g/mol. The number of methoxy groups -OCH3 is 2. The van der Waals surface area contributed by atoms with E-state index >= 15 is 0 Å². The van der Waals surface area contributed by atoms with Gasteiger partial charge in [-0.05, 0) is 53.9 Å². The lowest BCUT2D eigenvalue weighted by atomic mass is 10.0. The number of carbonyl (C=O) groups excluding carboxylic acids is 4. The Bertz CT molecular complexity index is 2030. The minimum atomic E-state index is -0.732. The number of hydrogen-bond acceptors (Lipinski definition) is 8. The Morgan fingerprint density at radius 2 is 1.16 bits per heavy atom. The Morgan fingerprint density at radius 3 is 1.65 bits per heavy atom. The van der Waals surface area contributed by atoms with Crippen LogP contribution in [0.3, 0.4) is 0 Å². The first kappa shape index (κ1) is 38.8. The lowest BCUT2D eigenvalue weighted by Crippen LogP contribution is -2.51. The molecule has 1 fully saturated rings. The Balaban J connectivity index is 1.12. The minimum Gasteiger partial charge on any atom is -0.453 e. The Hall–Kier alpha value is -5.92. The summed E-state index contributed by atoms with van der Waals surface area (Å²) in [6.07, 6.45) is 5.95. The van der Waals surface area contributed by atoms with Crippen LogP contribution >= 0.6 is 0 Å². The lowest BCUT2D eigenvalue weighted by molar-refractivity contribution is -0.136. The third kappa shape index (κ3) is 8.43. The van der Waals surface area contributed by atoms with Gasteiger partial charge in [-0.15, -0.1) is 0 Å². The van der Waals surface area contributed by atoms with Crippen molar-refractivity contribution < 1.29 is 28.7 Å². The number of aromatic amines is 2. The molecule has 4 atom stereocenters. The van der Waals surface area contributed by atoms with Crippen LogP contribution in [0.15, 0.2) is 72.6 Å². The van der Waals surface area contributed by atoms with E-state index < -0.39 is 30.3 Å². The van der Waals surface area contributed by atoms with E-state index in [1.807, 2.05) is 65.0 Å². The molecule has 2 aliphatic rings. The molecule has 2 aromatic carbocycles. The number of nitrogens with zero attached hydrogens (tertiary/aromatic N) is 4. The van der Waals surface area contributed by atoms with E-state index in [9.17, 15) is 19.2 Å². The number of amides is 4. The van der Waals surface area contributed by atoms with E-state index in [-0.39, 0.29) is 29.7 Å². The Labute approximate surface area is 321 Å². The molecule has 290 valence electrons. The van der Waals surface area contributed by atoms with Crippen molar-refractivity contribution in [1.82, 2.24) is 40.4 Å². The summed E-state index contributed by atoms with van der Waals surface area (Å²) in [4.78, 5) is 70.8. The van der Waals surface area contributed by atoms with E-state index in [0.717, 1.165) is 57.9 Å². The molecule has 55 heavy (non-hydrogen) atoms. The second kappa shape index (κ2) is 16.6. The number of likely N-dealkylation sites (tertiary alicyclic amines) is 1. The zero-order valence-electron chi connectivity index (χ0n) is 32.4. The SMILES string of the molecule is COC(=O)NC(C(=O)N1CCC[C@H]1c1ncc(-c2ccc(-c3ccc(-c4cnc([C@@H]5C=C(C)CN5C(=O)[C@H](NC(=O)OC)C(C)C)[nH]4)cc3)cc2)[nH]1)C(C)C. The molecule has 1 unspecified atom stereocenters. The van der Waals surface area contributed by atoms with Crippen LogP contribution in [0.4, 0.5) is 9.59 Å². The average molecular weight is 751 g/mol. The number of alkyl carbamates (subject to hydrolysis) is 2. The van der Waals surface area contributed by atoms with E-state index in [0.29, 0.717) is 18.9 Å². The van der Waals surface area contributed by atoms with Gasteiger partial charge in [0.05, 0.1) is 44.0 Å². The molecule has 4 aromatic rings. The number of aromatic nitrogens is 4. The van der Waals surface area contributed by atoms with Crippen LogP contribution in [0.1, 0.15) is 71.2 Å². The number of carbonyl (C=O) groups is 4. The molecular weight excluding hydrogens is 701 g/mol. The molecule has 14 heteroatoms. The Kier molecular flexibility index (Phi) is 11.7. The summed E-state index contributed by atoms with van der Waals surface area (Å²) in [5, 5.41) is 5.37. The van der Waals surface area contributed by atoms with Crippen LogP contribution < -0.4 is 10.6 Å². The van der Waals surface area contributed by atoms with Gasteiger partial charge < -0.3 is 39.9 Å². The highest BCUT2D eigenvalue weighted by atomic mass is 16.5. The molecule has 0 saturated carbocycles. The molecular formula is C41H50N8O6. The minimum absolute atomic E-state index is 0.107. The molecule has 0 bridgehead atoms. The molecule has 0 radical (unpaired) electrons. The van der Waals surface area contributed by atoms with Crippen molar-refractivity contribution in [2.45, 2.75) is 71.6 Å². The van der Waals surface area contributed by atoms with Gasteiger partial charge in [0.25, 0.3) is 0 Å². The van der Waals surface area contributed by atoms with E-state index in [1.54, 1.807) is 22.2 Å². The highest BCUT2D eigenvalue weighted by molar-refractivity contribution is 5.87. The van der Waals surface area contributed by atoms with Crippen LogP contribution in [0.5, 0.6) is 0 Å². The summed E-state index contributed by atoms with van der Waals surface area (Å²) >= 11 is 0. The van der Waals surface area contributed by atoms with Crippen molar-refractivity contribution in [3.8, 4) is 33.6 Å². The predicted octanol–water partition coefficient (Wildman–Crippen LogP) is 6.39. The van der Waals surface area contributed by atoms with Gasteiger partial charge in [-0.3, -0.25) is 9.59 Å². The lowest BCUT2D eigenvalue weighted by Gasteiger charge is -2.30. The van der Waals surface area contributed by atoms with Crippen molar-refractivity contribution in [3.05, 3.63) is 84.2 Å². The summed E-state index contributed by atoms with van der Waals surface area (Å²) in [6.45, 7) is 10.6. The van der Waals surface area contributed by atoms with Crippen LogP contribution in [0, 0.1) is 11.8 Å². The maximum atomic E-state index is 13.6. The summed E-state index contributed by atoms with van der Waals surface area (Å²) < 4.78 is 9.51. The molecule has 4 N–H and O–H groups in total. The van der Waals surface area contributed by atoms with Gasteiger partial charge in [0.1, 0.15) is 29.8 Å². The van der Waals surface area contributed by atoms with Crippen molar-refractivity contribution in [2.75, 3.05) is 27.3 Å². The second-order valence-corrected chi connectivity index (χ2v) is 14.8. The van der Waals surface area contributed by atoms with Crippen molar-refractivity contribution in [3.63, 3.8) is 0 Å². The quantitative estimate of drug-likeness (QED) is 0.128. The van der Waals surface area contributed by atoms with Gasteiger partial charge in [-0.25, -0.2) is 19.6 Å². The summed E-state index contributed by atoms with van der Waals surface area (Å²) in [5.74, 6) is 0.780. The normalized spacial score (nSPS) is 17.9. The molecule has 4 heterocycles. The maximum absolute atomic E-state index is 13.6. The van der Waals surface area contributed by atoms with Crippen LogP contribution in [0.2, 0.25) is 0 Å². The fraction of sp³-hybridized carbons (Fsp3) is 0.415. The Morgan fingerprint density at radius 1 is 0.709 bits per heavy atom. The first-order valence-electron chi connectivity index (χ1n) is 18.7. The van der Waals surface area contributed by atoms with Gasteiger partial charge in [0, 0.05) is 13.1 Å². The standard InChI is InChI=1S/C41H50N8O6/c1-23(2)34(46-40(52)54-6)38(50)48-18-8-9-32(48)36-42-20-30(44-36)28-14-10-26(11-15-28)27-12-16-29(17-13-27)31-21-43-37(45-31)33-19-25(5)22-49(33)39(51)35(24(3)4)47-41(53)55-7/h10-17,19-21,23-24,32-35H,8-9,18,22H2,1-7H3,(H,42,44)(H,43,45)(H,46,52)(H,47,53)/t32-,33-,34?,35+/m0/s1. The molecule has 2 aliphatic heterocycles. The molecule has 2 aromatic heterocycles. The third-order valence-corrected chi connectivity index (χ3v) is 10.3. The van der Waals surface area contributed by atoms with E-state index in [2.05, 4.69) is 54.8 Å². The fourth-order valence-corrected chi connectivity index (χ4v) is 7.26. The first-order valence-corrected chi connectivity index (χ1v) is 18.7. The second-order valence-electron chi connectivity index (χ2n) is 14.8. The zero-order chi connectivity index (χ0) is 39.4. The summed E-state index contributed by atoms with van der Waals surface area (Å²) in [6, 6.07) is 14.4. The zero-order valence-corrected chi connectivity index (χ0v) is 32.4. The van der Waals surface area contributed by atoms with E-state index in [1.165, 1.54) is 14.2 Å². The largest absolute Gasteiger partial charge is 0.453 e. The molecule has 14 nitrogen and oxygen atoms in total. The first-order chi connectivity index (χ1) is 26.4. The number of imidazole rings is 2. The number of nitrogens with one attached hydrogen (secondary N) is 4. The van der Waals surface area contributed by atoms with Gasteiger partial charge in [-0.2, -0.15) is 0 Å².